The standard InChI is InChI=1S/C16H18N4S/c1-11-4-3-5-12(2)15(11)19-16(21)20-18-10-13-6-8-14(17)9-7-13/h3-10H,17H2,1-2H3,(H2,19,20,21). The largest absolute Gasteiger partial charge is 0.399 e. The molecule has 0 saturated heterocycles. The van der Waals surface area contributed by atoms with Crippen molar-refractivity contribution in [1.82, 2.24) is 5.43 Å². The number of hydrogen-bond donors (Lipinski definition) is 3. The summed E-state index contributed by atoms with van der Waals surface area (Å²) in [6, 6.07) is 13.5. The number of thiocarbonyl (C=S) groups is 1. The van der Waals surface area contributed by atoms with Crippen molar-refractivity contribution in [2.75, 3.05) is 11.1 Å². The van der Waals surface area contributed by atoms with Gasteiger partial charge in [-0.15, -0.1) is 0 Å². The van der Waals surface area contributed by atoms with E-state index in [4.69, 9.17) is 18.0 Å². The van der Waals surface area contributed by atoms with Crippen LogP contribution in [0.2, 0.25) is 0 Å². The van der Waals surface area contributed by atoms with E-state index in [1.165, 1.54) is 0 Å². The molecule has 2 rings (SSSR count). The Morgan fingerprint density at radius 3 is 2.33 bits per heavy atom. The normalized spacial score (nSPS) is 10.6. The lowest BCUT2D eigenvalue weighted by atomic mass is 10.1. The van der Waals surface area contributed by atoms with Crippen molar-refractivity contribution < 1.29 is 0 Å². The van der Waals surface area contributed by atoms with Crippen LogP contribution in [0.25, 0.3) is 0 Å². The molecule has 0 saturated carbocycles. The molecule has 2 aromatic rings. The first-order valence-electron chi connectivity index (χ1n) is 6.58. The van der Waals surface area contributed by atoms with Crippen molar-refractivity contribution >= 4 is 34.9 Å². The first-order chi connectivity index (χ1) is 10.1. The molecule has 4 N–H and O–H groups in total. The fourth-order valence-electron chi connectivity index (χ4n) is 1.90. The van der Waals surface area contributed by atoms with E-state index in [2.05, 4.69) is 15.8 Å². The third kappa shape index (κ3) is 4.29. The Balaban J connectivity index is 1.95. The van der Waals surface area contributed by atoms with Gasteiger partial charge in [-0.3, -0.25) is 5.43 Å². The molecule has 0 aliphatic heterocycles. The van der Waals surface area contributed by atoms with Gasteiger partial charge in [-0.05, 0) is 54.9 Å². The zero-order chi connectivity index (χ0) is 15.2. The van der Waals surface area contributed by atoms with Crippen LogP contribution < -0.4 is 16.5 Å². The van der Waals surface area contributed by atoms with Crippen molar-refractivity contribution in [3.63, 3.8) is 0 Å². The molecule has 5 heteroatoms. The highest BCUT2D eigenvalue weighted by Gasteiger charge is 2.03. The zero-order valence-corrected chi connectivity index (χ0v) is 12.9. The summed E-state index contributed by atoms with van der Waals surface area (Å²) >= 11 is 5.24. The third-order valence-electron chi connectivity index (χ3n) is 3.04. The zero-order valence-electron chi connectivity index (χ0n) is 12.1. The van der Waals surface area contributed by atoms with Gasteiger partial charge in [0.2, 0.25) is 0 Å². The molecule has 21 heavy (non-hydrogen) atoms. The van der Waals surface area contributed by atoms with Crippen LogP contribution in [-0.2, 0) is 0 Å². The molecule has 0 unspecified atom stereocenters. The minimum Gasteiger partial charge on any atom is -0.399 e. The monoisotopic (exact) mass is 298 g/mol. The van der Waals surface area contributed by atoms with Crippen LogP contribution in [0.4, 0.5) is 11.4 Å². The molecule has 0 atom stereocenters. The summed E-state index contributed by atoms with van der Waals surface area (Å²) in [5.74, 6) is 0. The number of nitrogens with zero attached hydrogens (tertiary/aromatic N) is 1. The molecule has 4 nitrogen and oxygen atoms in total. The van der Waals surface area contributed by atoms with Gasteiger partial charge in [0.15, 0.2) is 5.11 Å². The smallest absolute Gasteiger partial charge is 0.191 e. The van der Waals surface area contributed by atoms with Gasteiger partial charge in [0.1, 0.15) is 0 Å². The van der Waals surface area contributed by atoms with Gasteiger partial charge >= 0.3 is 0 Å². The highest BCUT2D eigenvalue weighted by Crippen LogP contribution is 2.19. The minimum atomic E-state index is 0.457. The average molecular weight is 298 g/mol. The maximum atomic E-state index is 5.63. The first kappa shape index (κ1) is 15.0. The molecule has 0 amide bonds. The number of nitrogen functional groups attached to an aromatic ring is 1. The third-order valence-corrected chi connectivity index (χ3v) is 3.23. The van der Waals surface area contributed by atoms with Crippen LogP contribution in [0, 0.1) is 13.8 Å². The van der Waals surface area contributed by atoms with Crippen LogP contribution in [-0.4, -0.2) is 11.3 Å². The summed E-state index contributed by atoms with van der Waals surface area (Å²) in [5.41, 5.74) is 13.4. The molecule has 0 aliphatic carbocycles. The predicted octanol–water partition coefficient (Wildman–Crippen LogP) is 3.21. The molecule has 0 bridgehead atoms. The average Bonchev–Trinajstić information content (AvgIpc) is 2.45. The Morgan fingerprint density at radius 2 is 1.71 bits per heavy atom. The Morgan fingerprint density at radius 1 is 1.10 bits per heavy atom. The summed E-state index contributed by atoms with van der Waals surface area (Å²) in [6.07, 6.45) is 1.69. The van der Waals surface area contributed by atoms with Crippen LogP contribution >= 0.6 is 12.2 Å². The van der Waals surface area contributed by atoms with Crippen molar-refractivity contribution in [3.05, 3.63) is 59.2 Å². The van der Waals surface area contributed by atoms with Crippen molar-refractivity contribution in [3.8, 4) is 0 Å². The molecular formula is C16H18N4S. The highest BCUT2D eigenvalue weighted by molar-refractivity contribution is 7.80. The molecule has 2 aromatic carbocycles. The van der Waals surface area contributed by atoms with E-state index in [1.54, 1.807) is 6.21 Å². The number of anilines is 2. The Labute approximate surface area is 130 Å². The van der Waals surface area contributed by atoms with E-state index in [9.17, 15) is 0 Å². The lowest BCUT2D eigenvalue weighted by Gasteiger charge is -2.12. The van der Waals surface area contributed by atoms with Gasteiger partial charge < -0.3 is 11.1 Å². The number of hydrazone groups is 1. The number of hydrogen-bond acceptors (Lipinski definition) is 3. The topological polar surface area (TPSA) is 62.4 Å². The molecule has 0 radical (unpaired) electrons. The maximum Gasteiger partial charge on any atom is 0.191 e. The van der Waals surface area contributed by atoms with Gasteiger partial charge in [-0.2, -0.15) is 5.10 Å². The molecule has 0 spiro atoms. The van der Waals surface area contributed by atoms with Gasteiger partial charge in [0.25, 0.3) is 0 Å². The quantitative estimate of drug-likeness (QED) is 0.352. The number of aryl methyl sites for hydroxylation is 2. The van der Waals surface area contributed by atoms with Crippen LogP contribution in [0.15, 0.2) is 47.6 Å². The summed E-state index contributed by atoms with van der Waals surface area (Å²) in [5, 5.41) is 7.73. The molecular weight excluding hydrogens is 280 g/mol. The van der Waals surface area contributed by atoms with Gasteiger partial charge in [-0.25, -0.2) is 0 Å². The molecule has 0 aliphatic rings. The second-order valence-corrected chi connectivity index (χ2v) is 5.17. The summed E-state index contributed by atoms with van der Waals surface area (Å²) in [6.45, 7) is 4.07. The first-order valence-corrected chi connectivity index (χ1v) is 6.99. The van der Waals surface area contributed by atoms with Crippen LogP contribution in [0.1, 0.15) is 16.7 Å². The van der Waals surface area contributed by atoms with E-state index in [0.29, 0.717) is 5.11 Å². The van der Waals surface area contributed by atoms with Gasteiger partial charge in [0, 0.05) is 11.4 Å². The second-order valence-electron chi connectivity index (χ2n) is 4.76. The Bertz CT molecular complexity index is 642. The Kier molecular flexibility index (Phi) is 4.90. The van der Waals surface area contributed by atoms with Gasteiger partial charge in [0.05, 0.1) is 6.21 Å². The fourth-order valence-corrected chi connectivity index (χ4v) is 2.06. The summed E-state index contributed by atoms with van der Waals surface area (Å²) < 4.78 is 0. The fraction of sp³-hybridized carbons (Fsp3) is 0.125. The number of benzene rings is 2. The van der Waals surface area contributed by atoms with E-state index in [1.807, 2.05) is 56.3 Å². The number of nitrogens with two attached hydrogens (primary N) is 1. The SMILES string of the molecule is Cc1cccc(C)c1NC(=S)NN=Cc1ccc(N)cc1. The van der Waals surface area contributed by atoms with E-state index < -0.39 is 0 Å². The molecule has 0 fully saturated rings. The second kappa shape index (κ2) is 6.85. The van der Waals surface area contributed by atoms with Crippen LogP contribution in [0.3, 0.4) is 0 Å². The van der Waals surface area contributed by atoms with Crippen molar-refractivity contribution in [2.45, 2.75) is 13.8 Å². The van der Waals surface area contributed by atoms with E-state index in [0.717, 1.165) is 28.1 Å². The van der Waals surface area contributed by atoms with Crippen molar-refractivity contribution in [1.29, 1.82) is 0 Å². The maximum absolute atomic E-state index is 5.63. The van der Waals surface area contributed by atoms with Gasteiger partial charge in [-0.1, -0.05) is 30.3 Å². The lowest BCUT2D eigenvalue weighted by Crippen LogP contribution is -2.24. The van der Waals surface area contributed by atoms with Crippen molar-refractivity contribution in [2.24, 2.45) is 5.10 Å². The summed E-state index contributed by atoms with van der Waals surface area (Å²) in [7, 11) is 0. The lowest BCUT2D eigenvalue weighted by molar-refractivity contribution is 1.05. The molecule has 108 valence electrons. The molecule has 0 aromatic heterocycles. The Hall–Kier alpha value is -2.40. The number of nitrogens with one attached hydrogen (secondary N) is 2. The molecule has 0 heterocycles. The van der Waals surface area contributed by atoms with Crippen LogP contribution in [0.5, 0.6) is 0 Å². The number of rotatable bonds is 3. The van der Waals surface area contributed by atoms with E-state index >= 15 is 0 Å². The minimum absolute atomic E-state index is 0.457. The summed E-state index contributed by atoms with van der Waals surface area (Å²) in [4.78, 5) is 0. The number of para-hydroxylation sites is 1. The highest BCUT2D eigenvalue weighted by atomic mass is 32.1. The predicted molar refractivity (Wildman–Crippen MR) is 93.7 cm³/mol. The van der Waals surface area contributed by atoms with E-state index in [-0.39, 0.29) is 0 Å².